The molecule has 13 heavy (non-hydrogen) atoms. The van der Waals surface area contributed by atoms with Gasteiger partial charge in [-0.1, -0.05) is 27.5 Å². The number of ether oxygens (including phenoxy) is 1. The van der Waals surface area contributed by atoms with Crippen molar-refractivity contribution in [3.8, 4) is 5.75 Å². The Morgan fingerprint density at radius 2 is 2.31 bits per heavy atom. The van der Waals surface area contributed by atoms with Gasteiger partial charge in [0, 0.05) is 4.47 Å². The highest BCUT2D eigenvalue weighted by Gasteiger charge is 2.01. The molecule has 0 amide bonds. The lowest BCUT2D eigenvalue weighted by molar-refractivity contribution is 0.374. The number of halogens is 2. The highest BCUT2D eigenvalue weighted by molar-refractivity contribution is 9.10. The largest absolute Gasteiger partial charge is 0.484 e. The molecule has 0 aliphatic carbocycles. The maximum atomic E-state index is 6.96. The van der Waals surface area contributed by atoms with Crippen molar-refractivity contribution in [1.82, 2.24) is 0 Å². The fourth-order valence-electron chi connectivity index (χ4n) is 0.748. The number of hydrogen-bond acceptors (Lipinski definition) is 2. The van der Waals surface area contributed by atoms with Gasteiger partial charge in [0.2, 0.25) is 0 Å². The summed E-state index contributed by atoms with van der Waals surface area (Å²) in [5.74, 6) is 0.499. The molecule has 0 atom stereocenters. The van der Waals surface area contributed by atoms with Crippen molar-refractivity contribution >= 4 is 33.4 Å². The van der Waals surface area contributed by atoms with Gasteiger partial charge in [0.1, 0.15) is 18.2 Å². The van der Waals surface area contributed by atoms with E-state index in [2.05, 4.69) is 15.9 Å². The Morgan fingerprint density at radius 3 is 2.85 bits per heavy atom. The summed E-state index contributed by atoms with van der Waals surface area (Å²) < 4.78 is 6.03. The molecule has 0 saturated heterocycles. The number of benzene rings is 1. The van der Waals surface area contributed by atoms with Crippen LogP contribution in [0.15, 0.2) is 22.7 Å². The lowest BCUT2D eigenvalue weighted by Crippen LogP contribution is -2.19. The van der Waals surface area contributed by atoms with Crippen LogP contribution in [0, 0.1) is 5.41 Å². The van der Waals surface area contributed by atoms with Crippen molar-refractivity contribution in [2.75, 3.05) is 6.61 Å². The van der Waals surface area contributed by atoms with Crippen LogP contribution in [0.1, 0.15) is 0 Å². The summed E-state index contributed by atoms with van der Waals surface area (Å²) in [5.41, 5.74) is 5.13. The summed E-state index contributed by atoms with van der Waals surface area (Å²) in [6.07, 6.45) is 0. The first kappa shape index (κ1) is 10.3. The van der Waals surface area contributed by atoms with Gasteiger partial charge in [-0.2, -0.15) is 0 Å². The summed E-state index contributed by atoms with van der Waals surface area (Å²) in [5, 5.41) is 7.45. The van der Waals surface area contributed by atoms with Gasteiger partial charge >= 0.3 is 0 Å². The SMILES string of the molecule is N=C(N)COc1ccc(Br)cc1Cl. The lowest BCUT2D eigenvalue weighted by Gasteiger charge is -2.06. The Morgan fingerprint density at radius 1 is 1.62 bits per heavy atom. The average Bonchev–Trinajstić information content (AvgIpc) is 2.02. The quantitative estimate of drug-likeness (QED) is 0.650. The molecule has 0 aliphatic heterocycles. The van der Waals surface area contributed by atoms with E-state index < -0.39 is 0 Å². The van der Waals surface area contributed by atoms with Gasteiger partial charge < -0.3 is 10.5 Å². The van der Waals surface area contributed by atoms with E-state index in [-0.39, 0.29) is 12.4 Å². The second-order valence-corrected chi connectivity index (χ2v) is 3.71. The molecule has 0 aliphatic rings. The highest BCUT2D eigenvalue weighted by Crippen LogP contribution is 2.27. The summed E-state index contributed by atoms with van der Waals surface area (Å²) in [4.78, 5) is 0. The normalized spacial score (nSPS) is 9.69. The molecule has 3 nitrogen and oxygen atoms in total. The maximum absolute atomic E-state index is 6.96. The minimum Gasteiger partial charge on any atom is -0.484 e. The van der Waals surface area contributed by atoms with Crippen LogP contribution in [0.3, 0.4) is 0 Å². The molecule has 0 spiro atoms. The first-order valence-electron chi connectivity index (χ1n) is 3.50. The molecule has 0 unspecified atom stereocenters. The van der Waals surface area contributed by atoms with Gasteiger partial charge in [0.25, 0.3) is 0 Å². The smallest absolute Gasteiger partial charge is 0.145 e. The van der Waals surface area contributed by atoms with Crippen molar-refractivity contribution in [3.05, 3.63) is 27.7 Å². The van der Waals surface area contributed by atoms with E-state index >= 15 is 0 Å². The van der Waals surface area contributed by atoms with Crippen LogP contribution in [0.2, 0.25) is 5.02 Å². The molecule has 0 aromatic heterocycles. The molecule has 0 bridgehead atoms. The van der Waals surface area contributed by atoms with Crippen molar-refractivity contribution in [2.45, 2.75) is 0 Å². The summed E-state index contributed by atoms with van der Waals surface area (Å²) >= 11 is 9.12. The number of nitrogens with one attached hydrogen (secondary N) is 1. The summed E-state index contributed by atoms with van der Waals surface area (Å²) in [6, 6.07) is 5.24. The zero-order valence-electron chi connectivity index (χ0n) is 6.68. The van der Waals surface area contributed by atoms with Crippen molar-refractivity contribution < 1.29 is 4.74 Å². The zero-order chi connectivity index (χ0) is 9.84. The molecule has 0 saturated carbocycles. The average molecular weight is 264 g/mol. The third kappa shape index (κ3) is 3.24. The predicted molar refractivity (Wildman–Crippen MR) is 56.6 cm³/mol. The number of hydrogen-bond donors (Lipinski definition) is 2. The van der Waals surface area contributed by atoms with Gasteiger partial charge in [-0.3, -0.25) is 5.41 Å². The van der Waals surface area contributed by atoms with Crippen molar-refractivity contribution in [1.29, 1.82) is 5.41 Å². The first-order valence-corrected chi connectivity index (χ1v) is 4.67. The minimum atomic E-state index is -0.0287. The molecule has 1 rings (SSSR count). The predicted octanol–water partition coefficient (Wildman–Crippen LogP) is 2.42. The molecule has 1 aromatic carbocycles. The van der Waals surface area contributed by atoms with E-state index in [1.54, 1.807) is 18.2 Å². The minimum absolute atomic E-state index is 0.0287. The van der Waals surface area contributed by atoms with Crippen LogP contribution in [0.25, 0.3) is 0 Å². The highest BCUT2D eigenvalue weighted by atomic mass is 79.9. The Hall–Kier alpha value is -0.740. The molecule has 1 aromatic rings. The van der Waals surface area contributed by atoms with Gasteiger partial charge in [-0.15, -0.1) is 0 Å². The second kappa shape index (κ2) is 4.48. The maximum Gasteiger partial charge on any atom is 0.145 e. The first-order chi connectivity index (χ1) is 6.09. The second-order valence-electron chi connectivity index (χ2n) is 2.39. The number of nitrogens with two attached hydrogens (primary N) is 1. The molecule has 5 heteroatoms. The van der Waals surface area contributed by atoms with E-state index in [4.69, 9.17) is 27.5 Å². The third-order valence-corrected chi connectivity index (χ3v) is 2.07. The summed E-state index contributed by atoms with van der Waals surface area (Å²) in [6.45, 7) is 0.0569. The third-order valence-electron chi connectivity index (χ3n) is 1.28. The van der Waals surface area contributed by atoms with Gasteiger partial charge in [-0.05, 0) is 18.2 Å². The number of rotatable bonds is 3. The fraction of sp³-hybridized carbons (Fsp3) is 0.125. The van der Waals surface area contributed by atoms with Crippen LogP contribution >= 0.6 is 27.5 Å². The number of amidine groups is 1. The van der Waals surface area contributed by atoms with Crippen LogP contribution in [-0.2, 0) is 0 Å². The van der Waals surface area contributed by atoms with E-state index in [1.807, 2.05) is 0 Å². The van der Waals surface area contributed by atoms with Gasteiger partial charge in [-0.25, -0.2) is 0 Å². The van der Waals surface area contributed by atoms with E-state index in [1.165, 1.54) is 0 Å². The van der Waals surface area contributed by atoms with E-state index in [9.17, 15) is 0 Å². The van der Waals surface area contributed by atoms with Crippen molar-refractivity contribution in [3.63, 3.8) is 0 Å². The molecular formula is C8H8BrClN2O. The topological polar surface area (TPSA) is 59.1 Å². The molecule has 3 N–H and O–H groups in total. The molecule has 0 fully saturated rings. The Balaban J connectivity index is 2.72. The fourth-order valence-corrected chi connectivity index (χ4v) is 1.48. The van der Waals surface area contributed by atoms with Crippen LogP contribution in [0.4, 0.5) is 0 Å². The molecule has 0 radical (unpaired) electrons. The molecule has 0 heterocycles. The Kier molecular flexibility index (Phi) is 3.57. The molecule has 70 valence electrons. The lowest BCUT2D eigenvalue weighted by atomic mass is 10.3. The van der Waals surface area contributed by atoms with Crippen LogP contribution < -0.4 is 10.5 Å². The summed E-state index contributed by atoms with van der Waals surface area (Å²) in [7, 11) is 0. The van der Waals surface area contributed by atoms with Crippen molar-refractivity contribution in [2.24, 2.45) is 5.73 Å². The van der Waals surface area contributed by atoms with E-state index in [0.29, 0.717) is 10.8 Å². The van der Waals surface area contributed by atoms with E-state index in [0.717, 1.165) is 4.47 Å². The van der Waals surface area contributed by atoms with Crippen LogP contribution in [-0.4, -0.2) is 12.4 Å². The Labute approximate surface area is 89.5 Å². The standard InChI is InChI=1S/C8H8BrClN2O/c9-5-1-2-7(6(10)3-5)13-4-8(11)12/h1-3H,4H2,(H3,11,12). The van der Waals surface area contributed by atoms with Crippen LogP contribution in [0.5, 0.6) is 5.75 Å². The van der Waals surface area contributed by atoms with Gasteiger partial charge in [0.05, 0.1) is 5.02 Å². The molecular weight excluding hydrogens is 255 g/mol. The monoisotopic (exact) mass is 262 g/mol. The zero-order valence-corrected chi connectivity index (χ0v) is 9.02. The van der Waals surface area contributed by atoms with Gasteiger partial charge in [0.15, 0.2) is 0 Å². The Bertz CT molecular complexity index is 330.